The van der Waals surface area contributed by atoms with E-state index < -0.39 is 0 Å². The Morgan fingerprint density at radius 2 is 1.85 bits per heavy atom. The molecule has 6 nitrogen and oxygen atoms in total. The summed E-state index contributed by atoms with van der Waals surface area (Å²) in [6.45, 7) is 0.841. The topological polar surface area (TPSA) is 67.9 Å². The molecule has 1 aliphatic heterocycles. The van der Waals surface area contributed by atoms with E-state index in [0.29, 0.717) is 18.8 Å². The molecular weight excluding hydrogens is 332 g/mol. The van der Waals surface area contributed by atoms with Gasteiger partial charge in [0.15, 0.2) is 0 Å². The van der Waals surface area contributed by atoms with Crippen molar-refractivity contribution < 1.29 is 19.1 Å². The standard InChI is InChI=1S/C20H22N2O4/c1-25-17-9-7-16(8-10-17)21-20(24)15-11-19(23)22(13-15)12-14-5-3-4-6-18(14)26-2/h3-10,15H,11-13H2,1-2H3,(H,21,24)/t15-/m1/s1. The van der Waals surface area contributed by atoms with Crippen LogP contribution in [0.1, 0.15) is 12.0 Å². The zero-order valence-corrected chi connectivity index (χ0v) is 14.9. The molecule has 136 valence electrons. The van der Waals surface area contributed by atoms with E-state index in [0.717, 1.165) is 17.1 Å². The zero-order valence-electron chi connectivity index (χ0n) is 14.9. The number of ether oxygens (including phenoxy) is 2. The van der Waals surface area contributed by atoms with Crippen LogP contribution in [0.3, 0.4) is 0 Å². The normalized spacial score (nSPS) is 16.5. The molecular formula is C20H22N2O4. The van der Waals surface area contributed by atoms with Crippen LogP contribution in [0.25, 0.3) is 0 Å². The Morgan fingerprint density at radius 1 is 1.12 bits per heavy atom. The monoisotopic (exact) mass is 354 g/mol. The zero-order chi connectivity index (χ0) is 18.5. The number of methoxy groups -OCH3 is 2. The molecule has 0 aliphatic carbocycles. The first-order valence-corrected chi connectivity index (χ1v) is 8.45. The number of amides is 2. The summed E-state index contributed by atoms with van der Waals surface area (Å²) in [5.41, 5.74) is 1.62. The van der Waals surface area contributed by atoms with Crippen LogP contribution in [0.4, 0.5) is 5.69 Å². The molecule has 3 rings (SSSR count). The molecule has 2 amide bonds. The van der Waals surface area contributed by atoms with Crippen LogP contribution in [-0.2, 0) is 16.1 Å². The molecule has 0 bridgehead atoms. The highest BCUT2D eigenvalue weighted by Gasteiger charge is 2.34. The minimum Gasteiger partial charge on any atom is -0.497 e. The maximum absolute atomic E-state index is 12.5. The predicted molar refractivity (Wildman–Crippen MR) is 98.1 cm³/mol. The number of para-hydroxylation sites is 1. The molecule has 1 aliphatic rings. The summed E-state index contributed by atoms with van der Waals surface area (Å²) in [6, 6.07) is 14.7. The summed E-state index contributed by atoms with van der Waals surface area (Å²) in [5, 5.41) is 2.86. The molecule has 0 radical (unpaired) electrons. The van der Waals surface area contributed by atoms with Gasteiger partial charge in [0.05, 0.1) is 20.1 Å². The van der Waals surface area contributed by atoms with E-state index in [9.17, 15) is 9.59 Å². The molecule has 2 aromatic rings. The number of nitrogens with one attached hydrogen (secondary N) is 1. The first kappa shape index (κ1) is 17.8. The number of likely N-dealkylation sites (tertiary alicyclic amines) is 1. The molecule has 0 spiro atoms. The molecule has 6 heteroatoms. The molecule has 1 atom stereocenters. The number of carbonyl (C=O) groups is 2. The molecule has 26 heavy (non-hydrogen) atoms. The molecule has 1 heterocycles. The third kappa shape index (κ3) is 3.96. The van der Waals surface area contributed by atoms with Gasteiger partial charge in [0.1, 0.15) is 11.5 Å². The molecule has 2 aromatic carbocycles. The number of carbonyl (C=O) groups excluding carboxylic acids is 2. The van der Waals surface area contributed by atoms with Crippen molar-refractivity contribution in [3.05, 3.63) is 54.1 Å². The molecule has 0 saturated carbocycles. The van der Waals surface area contributed by atoms with Gasteiger partial charge in [-0.1, -0.05) is 18.2 Å². The van der Waals surface area contributed by atoms with E-state index in [1.54, 1.807) is 43.4 Å². The second kappa shape index (κ2) is 7.91. The van der Waals surface area contributed by atoms with Crippen molar-refractivity contribution in [2.45, 2.75) is 13.0 Å². The van der Waals surface area contributed by atoms with Crippen LogP contribution in [0.2, 0.25) is 0 Å². The number of rotatable bonds is 6. The third-order valence-corrected chi connectivity index (χ3v) is 4.50. The maximum Gasteiger partial charge on any atom is 0.229 e. The average Bonchev–Trinajstić information content (AvgIpc) is 3.03. The predicted octanol–water partition coefficient (Wildman–Crippen LogP) is 2.69. The van der Waals surface area contributed by atoms with E-state index in [1.807, 2.05) is 24.3 Å². The fraction of sp³-hybridized carbons (Fsp3) is 0.300. The smallest absolute Gasteiger partial charge is 0.229 e. The van der Waals surface area contributed by atoms with Gasteiger partial charge < -0.3 is 19.7 Å². The van der Waals surface area contributed by atoms with Gasteiger partial charge in [-0.05, 0) is 30.3 Å². The third-order valence-electron chi connectivity index (χ3n) is 4.50. The number of hydrogen-bond acceptors (Lipinski definition) is 4. The molecule has 1 saturated heterocycles. The first-order chi connectivity index (χ1) is 12.6. The van der Waals surface area contributed by atoms with Crippen molar-refractivity contribution in [1.29, 1.82) is 0 Å². The van der Waals surface area contributed by atoms with Crippen LogP contribution in [0.5, 0.6) is 11.5 Å². The van der Waals surface area contributed by atoms with Crippen molar-refractivity contribution in [3.8, 4) is 11.5 Å². The summed E-state index contributed by atoms with van der Waals surface area (Å²) in [6.07, 6.45) is 0.219. The molecule has 0 unspecified atom stereocenters. The van der Waals surface area contributed by atoms with E-state index >= 15 is 0 Å². The minimum absolute atomic E-state index is 0.0224. The minimum atomic E-state index is -0.362. The van der Waals surface area contributed by atoms with E-state index in [-0.39, 0.29) is 24.2 Å². The number of hydrogen-bond donors (Lipinski definition) is 1. The van der Waals surface area contributed by atoms with E-state index in [1.165, 1.54) is 0 Å². The van der Waals surface area contributed by atoms with Gasteiger partial charge in [0.25, 0.3) is 0 Å². The second-order valence-electron chi connectivity index (χ2n) is 6.20. The summed E-state index contributed by atoms with van der Waals surface area (Å²) in [5.74, 6) is 0.935. The number of benzene rings is 2. The van der Waals surface area contributed by atoms with E-state index in [4.69, 9.17) is 9.47 Å². The number of anilines is 1. The van der Waals surface area contributed by atoms with Crippen molar-refractivity contribution in [2.75, 3.05) is 26.1 Å². The summed E-state index contributed by atoms with van der Waals surface area (Å²) >= 11 is 0. The quantitative estimate of drug-likeness (QED) is 0.866. The van der Waals surface area contributed by atoms with Crippen LogP contribution in [0, 0.1) is 5.92 Å². The lowest BCUT2D eigenvalue weighted by Crippen LogP contribution is -2.28. The molecule has 1 N–H and O–H groups in total. The van der Waals surface area contributed by atoms with Crippen molar-refractivity contribution in [3.63, 3.8) is 0 Å². The summed E-state index contributed by atoms with van der Waals surface area (Å²) in [7, 11) is 3.20. The highest BCUT2D eigenvalue weighted by molar-refractivity contribution is 5.97. The van der Waals surface area contributed by atoms with Crippen LogP contribution in [-0.4, -0.2) is 37.5 Å². The maximum atomic E-state index is 12.5. The Labute approximate surface area is 152 Å². The lowest BCUT2D eigenvalue weighted by Gasteiger charge is -2.18. The first-order valence-electron chi connectivity index (χ1n) is 8.45. The van der Waals surface area contributed by atoms with Crippen molar-refractivity contribution >= 4 is 17.5 Å². The summed E-state index contributed by atoms with van der Waals surface area (Å²) < 4.78 is 10.4. The Balaban J connectivity index is 1.62. The summed E-state index contributed by atoms with van der Waals surface area (Å²) in [4.78, 5) is 26.5. The fourth-order valence-corrected chi connectivity index (χ4v) is 3.06. The van der Waals surface area contributed by atoms with Gasteiger partial charge in [-0.15, -0.1) is 0 Å². The van der Waals surface area contributed by atoms with Crippen molar-refractivity contribution in [2.24, 2.45) is 5.92 Å². The fourth-order valence-electron chi connectivity index (χ4n) is 3.06. The van der Waals surface area contributed by atoms with E-state index in [2.05, 4.69) is 5.32 Å². The van der Waals surface area contributed by atoms with Gasteiger partial charge in [-0.2, -0.15) is 0 Å². The van der Waals surface area contributed by atoms with Crippen LogP contribution in [0.15, 0.2) is 48.5 Å². The van der Waals surface area contributed by atoms with Gasteiger partial charge in [-0.25, -0.2) is 0 Å². The molecule has 1 fully saturated rings. The average molecular weight is 354 g/mol. The SMILES string of the molecule is COc1ccc(NC(=O)[C@@H]2CC(=O)N(Cc3ccccc3OC)C2)cc1. The Morgan fingerprint density at radius 3 is 2.54 bits per heavy atom. The lowest BCUT2D eigenvalue weighted by atomic mass is 10.1. The number of nitrogens with zero attached hydrogens (tertiary/aromatic N) is 1. The van der Waals surface area contributed by atoms with Gasteiger partial charge in [0.2, 0.25) is 11.8 Å². The van der Waals surface area contributed by atoms with Crippen molar-refractivity contribution in [1.82, 2.24) is 4.90 Å². The Kier molecular flexibility index (Phi) is 5.41. The Bertz CT molecular complexity index is 789. The Hall–Kier alpha value is -3.02. The van der Waals surface area contributed by atoms with Gasteiger partial charge in [-0.3, -0.25) is 9.59 Å². The largest absolute Gasteiger partial charge is 0.497 e. The highest BCUT2D eigenvalue weighted by Crippen LogP contribution is 2.25. The van der Waals surface area contributed by atoms with Gasteiger partial charge in [0, 0.05) is 30.8 Å². The molecule has 0 aromatic heterocycles. The second-order valence-corrected chi connectivity index (χ2v) is 6.20. The lowest BCUT2D eigenvalue weighted by molar-refractivity contribution is -0.128. The highest BCUT2D eigenvalue weighted by atomic mass is 16.5. The van der Waals surface area contributed by atoms with Crippen LogP contribution < -0.4 is 14.8 Å². The van der Waals surface area contributed by atoms with Gasteiger partial charge >= 0.3 is 0 Å². The van der Waals surface area contributed by atoms with Crippen LogP contribution >= 0.6 is 0 Å².